The quantitative estimate of drug-likeness (QED) is 0.715. The first kappa shape index (κ1) is 21.2. The van der Waals surface area contributed by atoms with E-state index < -0.39 is 0 Å². The van der Waals surface area contributed by atoms with Gasteiger partial charge < -0.3 is 14.5 Å². The molecule has 0 aliphatic carbocycles. The Balaban J connectivity index is 1.94. The minimum atomic E-state index is -0.298. The summed E-state index contributed by atoms with van der Waals surface area (Å²) in [5.41, 5.74) is 1.47. The van der Waals surface area contributed by atoms with Crippen molar-refractivity contribution >= 4 is 23.4 Å². The molecule has 1 aliphatic rings. The second-order valence-corrected chi connectivity index (χ2v) is 7.60. The van der Waals surface area contributed by atoms with Crippen molar-refractivity contribution in [2.75, 3.05) is 33.3 Å². The summed E-state index contributed by atoms with van der Waals surface area (Å²) in [5.74, 6) is 0.293. The molecule has 29 heavy (non-hydrogen) atoms. The molecule has 1 saturated heterocycles. The Morgan fingerprint density at radius 1 is 1.10 bits per heavy atom. The van der Waals surface area contributed by atoms with Crippen LogP contribution >= 0.6 is 11.6 Å². The number of hydrogen-bond donors (Lipinski definition) is 0. The topological polar surface area (TPSA) is 49.9 Å². The highest BCUT2D eigenvalue weighted by Gasteiger charge is 2.42. The fraction of sp³-hybridized carbons (Fsp3) is 0.391. The molecule has 2 unspecified atom stereocenters. The maximum atomic E-state index is 13.2. The van der Waals surface area contributed by atoms with Gasteiger partial charge in [-0.15, -0.1) is 0 Å². The van der Waals surface area contributed by atoms with Crippen molar-refractivity contribution in [3.8, 4) is 5.75 Å². The number of rotatable bonds is 6. The van der Waals surface area contributed by atoms with E-state index in [0.29, 0.717) is 36.8 Å². The van der Waals surface area contributed by atoms with E-state index in [1.54, 1.807) is 36.3 Å². The molecule has 2 amide bonds. The predicted octanol–water partition coefficient (Wildman–Crippen LogP) is 4.07. The van der Waals surface area contributed by atoms with Crippen molar-refractivity contribution in [3.05, 3.63) is 64.7 Å². The van der Waals surface area contributed by atoms with Crippen LogP contribution in [0.4, 0.5) is 0 Å². The largest absolute Gasteiger partial charge is 0.497 e. The summed E-state index contributed by atoms with van der Waals surface area (Å²) >= 11 is 6.25. The molecule has 5 nitrogen and oxygen atoms in total. The number of likely N-dealkylation sites (tertiary alicyclic amines) is 1. The Labute approximate surface area is 177 Å². The Bertz CT molecular complexity index is 882. The maximum absolute atomic E-state index is 13.2. The van der Waals surface area contributed by atoms with Crippen molar-refractivity contribution < 1.29 is 14.3 Å². The van der Waals surface area contributed by atoms with Crippen LogP contribution < -0.4 is 4.74 Å². The van der Waals surface area contributed by atoms with Crippen LogP contribution in [0.1, 0.15) is 35.7 Å². The number of nitrogens with zero attached hydrogens (tertiary/aromatic N) is 2. The standard InChI is InChI=1S/C23H27ClN2O3/c1-4-25(5-2)23(28)20-15-26(22(27)18-11-6-7-12-21(18)24)14-19(20)16-9-8-10-17(13-16)29-3/h6-13,19-20H,4-5,14-15H2,1-3H3. The van der Waals surface area contributed by atoms with Gasteiger partial charge in [-0.1, -0.05) is 35.9 Å². The summed E-state index contributed by atoms with van der Waals surface area (Å²) in [4.78, 5) is 30.0. The van der Waals surface area contributed by atoms with Crippen molar-refractivity contribution in [1.82, 2.24) is 9.80 Å². The van der Waals surface area contributed by atoms with Gasteiger partial charge >= 0.3 is 0 Å². The average Bonchev–Trinajstić information content (AvgIpc) is 3.20. The van der Waals surface area contributed by atoms with E-state index in [-0.39, 0.29) is 23.7 Å². The molecule has 1 fully saturated rings. The molecule has 2 aromatic rings. The molecule has 0 aromatic heterocycles. The van der Waals surface area contributed by atoms with E-state index in [1.807, 2.05) is 43.0 Å². The Hall–Kier alpha value is -2.53. The summed E-state index contributed by atoms with van der Waals surface area (Å²) in [6.07, 6.45) is 0. The molecule has 1 heterocycles. The van der Waals surface area contributed by atoms with Gasteiger partial charge in [0.25, 0.3) is 5.91 Å². The molecular weight excluding hydrogens is 388 g/mol. The second kappa shape index (κ2) is 9.31. The van der Waals surface area contributed by atoms with Gasteiger partial charge in [-0.25, -0.2) is 0 Å². The number of ether oxygens (including phenoxy) is 1. The highest BCUT2D eigenvalue weighted by molar-refractivity contribution is 6.33. The lowest BCUT2D eigenvalue weighted by molar-refractivity contribution is -0.135. The molecule has 0 radical (unpaired) electrons. The van der Waals surface area contributed by atoms with Crippen molar-refractivity contribution in [1.29, 1.82) is 0 Å². The lowest BCUT2D eigenvalue weighted by Gasteiger charge is -2.26. The van der Waals surface area contributed by atoms with Crippen molar-refractivity contribution in [3.63, 3.8) is 0 Å². The first-order valence-corrected chi connectivity index (χ1v) is 10.3. The van der Waals surface area contributed by atoms with E-state index >= 15 is 0 Å². The van der Waals surface area contributed by atoms with Gasteiger partial charge in [-0.3, -0.25) is 9.59 Å². The summed E-state index contributed by atoms with van der Waals surface area (Å²) in [7, 11) is 1.62. The fourth-order valence-corrected chi connectivity index (χ4v) is 4.22. The predicted molar refractivity (Wildman–Crippen MR) is 115 cm³/mol. The molecule has 6 heteroatoms. The third-order valence-corrected chi connectivity index (χ3v) is 5.96. The smallest absolute Gasteiger partial charge is 0.255 e. The minimum absolute atomic E-state index is 0.0808. The monoisotopic (exact) mass is 414 g/mol. The molecule has 3 rings (SSSR count). The van der Waals surface area contributed by atoms with E-state index in [1.165, 1.54) is 0 Å². The number of methoxy groups -OCH3 is 1. The Morgan fingerprint density at radius 3 is 2.48 bits per heavy atom. The number of benzene rings is 2. The average molecular weight is 415 g/mol. The molecule has 2 aromatic carbocycles. The third kappa shape index (κ3) is 4.40. The van der Waals surface area contributed by atoms with Crippen LogP contribution in [0, 0.1) is 5.92 Å². The van der Waals surface area contributed by atoms with E-state index in [9.17, 15) is 9.59 Å². The lowest BCUT2D eigenvalue weighted by Crippen LogP contribution is -2.39. The molecule has 0 spiro atoms. The van der Waals surface area contributed by atoms with Gasteiger partial charge in [0.1, 0.15) is 5.75 Å². The van der Waals surface area contributed by atoms with Crippen LogP contribution in [0.3, 0.4) is 0 Å². The zero-order valence-electron chi connectivity index (χ0n) is 17.1. The Morgan fingerprint density at radius 2 is 1.83 bits per heavy atom. The summed E-state index contributed by atoms with van der Waals surface area (Å²) in [6.45, 7) is 6.09. The summed E-state index contributed by atoms with van der Waals surface area (Å²) in [5, 5.41) is 0.425. The van der Waals surface area contributed by atoms with Gasteiger partial charge in [-0.2, -0.15) is 0 Å². The number of carbonyl (C=O) groups excluding carboxylic acids is 2. The first-order valence-electron chi connectivity index (χ1n) is 9.96. The van der Waals surface area contributed by atoms with Crippen LogP contribution in [0.25, 0.3) is 0 Å². The van der Waals surface area contributed by atoms with Gasteiger partial charge in [0.15, 0.2) is 0 Å². The molecule has 2 atom stereocenters. The van der Waals surface area contributed by atoms with Crippen molar-refractivity contribution in [2.45, 2.75) is 19.8 Å². The van der Waals surface area contributed by atoms with Crippen LogP contribution in [0.2, 0.25) is 5.02 Å². The zero-order valence-corrected chi connectivity index (χ0v) is 17.9. The van der Waals surface area contributed by atoms with E-state index in [4.69, 9.17) is 16.3 Å². The van der Waals surface area contributed by atoms with Crippen LogP contribution in [-0.2, 0) is 4.79 Å². The van der Waals surface area contributed by atoms with Gasteiger partial charge in [0.05, 0.1) is 23.6 Å². The number of carbonyl (C=O) groups is 2. The minimum Gasteiger partial charge on any atom is -0.497 e. The zero-order chi connectivity index (χ0) is 21.0. The normalized spacial score (nSPS) is 18.6. The summed E-state index contributed by atoms with van der Waals surface area (Å²) < 4.78 is 5.37. The number of amides is 2. The molecular formula is C23H27ClN2O3. The number of halogens is 1. The third-order valence-electron chi connectivity index (χ3n) is 5.63. The lowest BCUT2D eigenvalue weighted by atomic mass is 9.88. The Kier molecular flexibility index (Phi) is 6.80. The SMILES string of the molecule is CCN(CC)C(=O)C1CN(C(=O)c2ccccc2Cl)CC1c1cccc(OC)c1. The van der Waals surface area contributed by atoms with Gasteiger partial charge in [-0.05, 0) is 43.7 Å². The molecule has 0 bridgehead atoms. The highest BCUT2D eigenvalue weighted by Crippen LogP contribution is 2.36. The highest BCUT2D eigenvalue weighted by atomic mass is 35.5. The van der Waals surface area contributed by atoms with Crippen LogP contribution in [0.15, 0.2) is 48.5 Å². The van der Waals surface area contributed by atoms with E-state index in [0.717, 1.165) is 11.3 Å². The molecule has 1 aliphatic heterocycles. The van der Waals surface area contributed by atoms with E-state index in [2.05, 4.69) is 0 Å². The van der Waals surface area contributed by atoms with Crippen LogP contribution in [0.5, 0.6) is 5.75 Å². The number of hydrogen-bond acceptors (Lipinski definition) is 3. The first-order chi connectivity index (χ1) is 14.0. The summed E-state index contributed by atoms with van der Waals surface area (Å²) in [6, 6.07) is 14.8. The molecule has 154 valence electrons. The maximum Gasteiger partial charge on any atom is 0.255 e. The fourth-order valence-electron chi connectivity index (χ4n) is 4.00. The molecule has 0 N–H and O–H groups in total. The molecule has 0 saturated carbocycles. The van der Waals surface area contributed by atoms with Crippen molar-refractivity contribution in [2.24, 2.45) is 5.92 Å². The van der Waals surface area contributed by atoms with Crippen LogP contribution in [-0.4, -0.2) is 54.9 Å². The van der Waals surface area contributed by atoms with Gasteiger partial charge in [0, 0.05) is 32.1 Å². The van der Waals surface area contributed by atoms with Gasteiger partial charge in [0.2, 0.25) is 5.91 Å². The second-order valence-electron chi connectivity index (χ2n) is 7.19.